The lowest BCUT2D eigenvalue weighted by molar-refractivity contribution is -0.127. The number of halogens is 2. The minimum atomic E-state index is -0.331. The molecule has 0 amide bonds. The van der Waals surface area contributed by atoms with Crippen LogP contribution in [-0.4, -0.2) is 5.78 Å². The van der Waals surface area contributed by atoms with Crippen LogP contribution in [0.5, 0.6) is 0 Å². The van der Waals surface area contributed by atoms with Crippen molar-refractivity contribution in [2.75, 3.05) is 0 Å². The highest BCUT2D eigenvalue weighted by molar-refractivity contribution is 9.10. The summed E-state index contributed by atoms with van der Waals surface area (Å²) in [6, 6.07) is 14.8. The molecule has 0 bridgehead atoms. The summed E-state index contributed by atoms with van der Waals surface area (Å²) in [7, 11) is 0. The van der Waals surface area contributed by atoms with Gasteiger partial charge in [-0.15, -0.1) is 0 Å². The van der Waals surface area contributed by atoms with E-state index in [4.69, 9.17) is 0 Å². The predicted octanol–water partition coefficient (Wildman–Crippen LogP) is 4.82. The molecule has 0 spiro atoms. The number of ketones is 1. The highest BCUT2D eigenvalue weighted by Crippen LogP contribution is 2.45. The Balaban J connectivity index is 1.85. The zero-order chi connectivity index (χ0) is 14.9. The number of hydrogen-bond acceptors (Lipinski definition) is 1. The first-order chi connectivity index (χ1) is 10.1. The van der Waals surface area contributed by atoms with Crippen LogP contribution in [0.3, 0.4) is 0 Å². The minimum Gasteiger partial charge on any atom is -0.298 e. The molecule has 0 N–H and O–H groups in total. The fraction of sp³-hybridized carbons (Fsp3) is 0.278. The molecule has 0 heterocycles. The lowest BCUT2D eigenvalue weighted by Crippen LogP contribution is -2.43. The van der Waals surface area contributed by atoms with Gasteiger partial charge in [0.05, 0.1) is 9.89 Å². The molecule has 1 nitrogen and oxygen atoms in total. The van der Waals surface area contributed by atoms with Crippen LogP contribution in [0.25, 0.3) is 0 Å². The molecule has 2 aromatic rings. The molecule has 3 heteroatoms. The van der Waals surface area contributed by atoms with Gasteiger partial charge in [0.25, 0.3) is 0 Å². The van der Waals surface area contributed by atoms with Gasteiger partial charge in [-0.25, -0.2) is 4.39 Å². The van der Waals surface area contributed by atoms with Gasteiger partial charge in [-0.3, -0.25) is 4.79 Å². The molecule has 21 heavy (non-hydrogen) atoms. The van der Waals surface area contributed by atoms with Gasteiger partial charge in [0.1, 0.15) is 11.6 Å². The second kappa shape index (κ2) is 5.72. The van der Waals surface area contributed by atoms with Gasteiger partial charge in [-0.05, 0) is 52.0 Å². The van der Waals surface area contributed by atoms with E-state index in [1.165, 1.54) is 6.07 Å². The van der Waals surface area contributed by atoms with Gasteiger partial charge in [-0.2, -0.15) is 0 Å². The van der Waals surface area contributed by atoms with Gasteiger partial charge < -0.3 is 0 Å². The van der Waals surface area contributed by atoms with Crippen LogP contribution in [0, 0.1) is 5.82 Å². The second-order valence-electron chi connectivity index (χ2n) is 5.65. The highest BCUT2D eigenvalue weighted by Gasteiger charge is 2.44. The van der Waals surface area contributed by atoms with Crippen LogP contribution >= 0.6 is 15.9 Å². The Kier molecular flexibility index (Phi) is 3.94. The van der Waals surface area contributed by atoms with Crippen molar-refractivity contribution in [3.05, 3.63) is 69.9 Å². The first-order valence-electron chi connectivity index (χ1n) is 7.15. The van der Waals surface area contributed by atoms with Crippen molar-refractivity contribution in [3.63, 3.8) is 0 Å². The fourth-order valence-electron chi connectivity index (χ4n) is 3.02. The molecule has 1 fully saturated rings. The molecule has 1 saturated carbocycles. The first-order valence-corrected chi connectivity index (χ1v) is 7.94. The van der Waals surface area contributed by atoms with E-state index in [1.54, 1.807) is 12.1 Å². The van der Waals surface area contributed by atoms with Crippen LogP contribution in [0.15, 0.2) is 53.0 Å². The maximum Gasteiger partial charge on any atom is 0.147 e. The molecule has 0 radical (unpaired) electrons. The summed E-state index contributed by atoms with van der Waals surface area (Å²) in [5.74, 6) is -0.0638. The maximum absolute atomic E-state index is 13.3. The van der Waals surface area contributed by atoms with E-state index in [2.05, 4.69) is 15.9 Å². The first kappa shape index (κ1) is 14.5. The fourth-order valence-corrected chi connectivity index (χ4v) is 3.45. The van der Waals surface area contributed by atoms with E-state index in [-0.39, 0.29) is 17.0 Å². The summed E-state index contributed by atoms with van der Waals surface area (Å²) in [6.45, 7) is 0. The molecular formula is C18H16BrFO. The lowest BCUT2D eigenvalue weighted by Gasteiger charge is -2.41. The van der Waals surface area contributed by atoms with Crippen LogP contribution in [-0.2, 0) is 16.6 Å². The van der Waals surface area contributed by atoms with Crippen molar-refractivity contribution in [2.45, 2.75) is 31.1 Å². The number of hydrogen-bond donors (Lipinski definition) is 0. The van der Waals surface area contributed by atoms with Crippen LogP contribution in [0.4, 0.5) is 4.39 Å². The molecule has 1 aliphatic rings. The van der Waals surface area contributed by atoms with Gasteiger partial charge in [-0.1, -0.05) is 42.8 Å². The SMILES string of the molecule is O=C(Cc1ccc(F)c(Br)c1)C1(c2ccccc2)CCC1. The van der Waals surface area contributed by atoms with Crippen LogP contribution < -0.4 is 0 Å². The molecule has 0 atom stereocenters. The van der Waals surface area contributed by atoms with Crippen molar-refractivity contribution in [3.8, 4) is 0 Å². The Hall–Kier alpha value is -1.48. The minimum absolute atomic E-state index is 0.235. The van der Waals surface area contributed by atoms with Crippen LogP contribution in [0.2, 0.25) is 0 Å². The Labute approximate surface area is 132 Å². The van der Waals surface area contributed by atoms with E-state index >= 15 is 0 Å². The number of carbonyl (C=O) groups excluding carboxylic acids is 1. The number of Topliss-reactive ketones (excluding diaryl/α,β-unsaturated/α-hetero) is 1. The number of benzene rings is 2. The maximum atomic E-state index is 13.3. The molecule has 0 aliphatic heterocycles. The molecule has 108 valence electrons. The summed E-state index contributed by atoms with van der Waals surface area (Å²) in [5, 5.41) is 0. The lowest BCUT2D eigenvalue weighted by atomic mass is 9.61. The zero-order valence-electron chi connectivity index (χ0n) is 11.6. The van der Waals surface area contributed by atoms with E-state index in [0.29, 0.717) is 10.9 Å². The van der Waals surface area contributed by atoms with E-state index < -0.39 is 0 Å². The third-order valence-corrected chi connectivity index (χ3v) is 5.02. The summed E-state index contributed by atoms with van der Waals surface area (Å²) in [6.07, 6.45) is 3.28. The average molecular weight is 347 g/mol. The summed E-state index contributed by atoms with van der Waals surface area (Å²) in [4.78, 5) is 12.8. The number of carbonyl (C=O) groups is 1. The summed E-state index contributed by atoms with van der Waals surface area (Å²) < 4.78 is 13.7. The molecule has 0 saturated heterocycles. The smallest absolute Gasteiger partial charge is 0.147 e. The third kappa shape index (κ3) is 2.67. The zero-order valence-corrected chi connectivity index (χ0v) is 13.2. The average Bonchev–Trinajstić information content (AvgIpc) is 2.43. The monoisotopic (exact) mass is 346 g/mol. The standard InChI is InChI=1S/C18H16BrFO/c19-15-11-13(7-8-16(15)20)12-17(21)18(9-4-10-18)14-5-2-1-3-6-14/h1-3,5-8,11H,4,9-10,12H2. The number of rotatable bonds is 4. The summed E-state index contributed by atoms with van der Waals surface area (Å²) in [5.41, 5.74) is 1.64. The second-order valence-corrected chi connectivity index (χ2v) is 6.50. The highest BCUT2D eigenvalue weighted by atomic mass is 79.9. The van der Waals surface area contributed by atoms with Gasteiger partial charge in [0, 0.05) is 6.42 Å². The van der Waals surface area contributed by atoms with Gasteiger partial charge in [0.15, 0.2) is 0 Å². The molecule has 0 aromatic heterocycles. The molecule has 0 unspecified atom stereocenters. The van der Waals surface area contributed by atoms with Crippen molar-refractivity contribution in [1.82, 2.24) is 0 Å². The van der Waals surface area contributed by atoms with Crippen molar-refractivity contribution in [2.24, 2.45) is 0 Å². The van der Waals surface area contributed by atoms with Crippen molar-refractivity contribution < 1.29 is 9.18 Å². The Morgan fingerprint density at radius 1 is 1.14 bits per heavy atom. The van der Waals surface area contributed by atoms with Crippen molar-refractivity contribution in [1.29, 1.82) is 0 Å². The van der Waals surface area contributed by atoms with E-state index in [0.717, 1.165) is 30.4 Å². The van der Waals surface area contributed by atoms with E-state index in [9.17, 15) is 9.18 Å². The molecule has 2 aromatic carbocycles. The Morgan fingerprint density at radius 2 is 1.86 bits per heavy atom. The summed E-state index contributed by atoms with van der Waals surface area (Å²) >= 11 is 3.18. The quantitative estimate of drug-likeness (QED) is 0.775. The molecule has 1 aliphatic carbocycles. The molecular weight excluding hydrogens is 331 g/mol. The van der Waals surface area contributed by atoms with Gasteiger partial charge in [0.2, 0.25) is 0 Å². The predicted molar refractivity (Wildman–Crippen MR) is 84.8 cm³/mol. The molecule has 3 rings (SSSR count). The topological polar surface area (TPSA) is 17.1 Å². The normalized spacial score (nSPS) is 16.3. The van der Waals surface area contributed by atoms with E-state index in [1.807, 2.05) is 30.3 Å². The van der Waals surface area contributed by atoms with Crippen molar-refractivity contribution >= 4 is 21.7 Å². The third-order valence-electron chi connectivity index (χ3n) is 4.42. The van der Waals surface area contributed by atoms with Gasteiger partial charge >= 0.3 is 0 Å². The Bertz CT molecular complexity index is 662. The largest absolute Gasteiger partial charge is 0.298 e. The van der Waals surface area contributed by atoms with Crippen LogP contribution in [0.1, 0.15) is 30.4 Å². The Morgan fingerprint density at radius 3 is 2.43 bits per heavy atom.